The van der Waals surface area contributed by atoms with Crippen LogP contribution in [0.2, 0.25) is 0 Å². The number of nitrogens with zero attached hydrogens (tertiary/aromatic N) is 1. The van der Waals surface area contributed by atoms with Crippen molar-refractivity contribution in [1.29, 1.82) is 0 Å². The molecule has 0 amide bonds. The van der Waals surface area contributed by atoms with Crippen molar-refractivity contribution >= 4 is 5.69 Å². The fraction of sp³-hybridized carbons (Fsp3) is 0.625. The van der Waals surface area contributed by atoms with Crippen molar-refractivity contribution in [3.05, 3.63) is 29.8 Å². The molecule has 0 radical (unpaired) electrons. The van der Waals surface area contributed by atoms with Crippen molar-refractivity contribution in [2.45, 2.75) is 32.6 Å². The summed E-state index contributed by atoms with van der Waals surface area (Å²) in [7, 11) is 4.31. The summed E-state index contributed by atoms with van der Waals surface area (Å²) in [4.78, 5) is 2.44. The first-order valence-corrected chi connectivity index (χ1v) is 7.08. The monoisotopic (exact) mass is 246 g/mol. The van der Waals surface area contributed by atoms with E-state index in [1.165, 1.54) is 43.5 Å². The number of hydrogen-bond donors (Lipinski definition) is 1. The molecular formula is C16H26N2. The summed E-state index contributed by atoms with van der Waals surface area (Å²) >= 11 is 0. The molecule has 0 aliphatic heterocycles. The van der Waals surface area contributed by atoms with Gasteiger partial charge >= 0.3 is 0 Å². The second-order valence-corrected chi connectivity index (χ2v) is 5.88. The van der Waals surface area contributed by atoms with Gasteiger partial charge in [0.15, 0.2) is 0 Å². The third-order valence-electron chi connectivity index (χ3n) is 4.32. The van der Waals surface area contributed by atoms with Crippen molar-refractivity contribution in [3.8, 4) is 0 Å². The number of anilines is 1. The van der Waals surface area contributed by atoms with E-state index >= 15 is 0 Å². The van der Waals surface area contributed by atoms with Gasteiger partial charge in [-0.25, -0.2) is 0 Å². The molecule has 1 saturated carbocycles. The Balaban J connectivity index is 2.10. The van der Waals surface area contributed by atoms with Crippen LogP contribution < -0.4 is 10.2 Å². The van der Waals surface area contributed by atoms with E-state index in [9.17, 15) is 0 Å². The van der Waals surface area contributed by atoms with E-state index in [1.54, 1.807) is 0 Å². The van der Waals surface area contributed by atoms with Crippen molar-refractivity contribution < 1.29 is 0 Å². The van der Waals surface area contributed by atoms with Crippen LogP contribution in [0, 0.1) is 12.3 Å². The van der Waals surface area contributed by atoms with Gasteiger partial charge in [0, 0.05) is 31.2 Å². The highest BCUT2D eigenvalue weighted by Crippen LogP contribution is 2.39. The second-order valence-electron chi connectivity index (χ2n) is 5.88. The number of aryl methyl sites for hydroxylation is 1. The lowest BCUT2D eigenvalue weighted by Crippen LogP contribution is -2.40. The Morgan fingerprint density at radius 1 is 1.22 bits per heavy atom. The topological polar surface area (TPSA) is 15.3 Å². The molecule has 1 fully saturated rings. The minimum absolute atomic E-state index is 0.478. The summed E-state index contributed by atoms with van der Waals surface area (Å²) in [6.07, 6.45) is 5.51. The van der Waals surface area contributed by atoms with Crippen LogP contribution in [0.5, 0.6) is 0 Å². The first kappa shape index (κ1) is 13.4. The minimum atomic E-state index is 0.478. The molecule has 2 heteroatoms. The summed E-state index contributed by atoms with van der Waals surface area (Å²) in [5.41, 5.74) is 3.23. The fourth-order valence-corrected chi connectivity index (χ4v) is 3.47. The zero-order chi connectivity index (χ0) is 13.0. The molecular weight excluding hydrogens is 220 g/mol. The Bertz CT molecular complexity index is 380. The summed E-state index contributed by atoms with van der Waals surface area (Å²) < 4.78 is 0. The molecule has 2 rings (SSSR count). The molecule has 0 saturated heterocycles. The van der Waals surface area contributed by atoms with Gasteiger partial charge < -0.3 is 10.2 Å². The van der Waals surface area contributed by atoms with E-state index in [1.807, 2.05) is 0 Å². The quantitative estimate of drug-likeness (QED) is 0.858. The van der Waals surface area contributed by atoms with Crippen LogP contribution in [0.1, 0.15) is 31.2 Å². The molecule has 18 heavy (non-hydrogen) atoms. The van der Waals surface area contributed by atoms with Crippen LogP contribution in [-0.4, -0.2) is 27.2 Å². The van der Waals surface area contributed by atoms with E-state index < -0.39 is 0 Å². The normalized spacial score (nSPS) is 17.9. The number of para-hydroxylation sites is 1. The van der Waals surface area contributed by atoms with Crippen LogP contribution in [0.25, 0.3) is 0 Å². The second kappa shape index (κ2) is 5.75. The molecule has 2 nitrogen and oxygen atoms in total. The molecule has 1 aliphatic rings. The SMILES string of the molecule is CNCC1(CN(C)c2ccccc2C)CCCC1. The Kier molecular flexibility index (Phi) is 4.28. The van der Waals surface area contributed by atoms with Crippen molar-refractivity contribution in [2.24, 2.45) is 5.41 Å². The molecule has 0 atom stereocenters. The highest BCUT2D eigenvalue weighted by molar-refractivity contribution is 5.52. The summed E-state index contributed by atoms with van der Waals surface area (Å²) in [5, 5.41) is 3.40. The maximum Gasteiger partial charge on any atom is 0.0393 e. The molecule has 0 unspecified atom stereocenters. The predicted molar refractivity (Wildman–Crippen MR) is 79.3 cm³/mol. The van der Waals surface area contributed by atoms with Gasteiger partial charge in [-0.3, -0.25) is 0 Å². The molecule has 0 spiro atoms. The van der Waals surface area contributed by atoms with Crippen molar-refractivity contribution in [1.82, 2.24) is 5.32 Å². The molecule has 1 aromatic rings. The highest BCUT2D eigenvalue weighted by Gasteiger charge is 2.34. The standard InChI is InChI=1S/C16H26N2/c1-14-8-4-5-9-15(14)18(3)13-16(12-17-2)10-6-7-11-16/h4-5,8-9,17H,6-7,10-13H2,1-3H3. The first-order chi connectivity index (χ1) is 8.67. The third-order valence-corrected chi connectivity index (χ3v) is 4.32. The Morgan fingerprint density at radius 3 is 2.50 bits per heavy atom. The largest absolute Gasteiger partial charge is 0.374 e. The summed E-state index contributed by atoms with van der Waals surface area (Å²) in [6, 6.07) is 8.69. The van der Waals surface area contributed by atoms with Gasteiger partial charge in [0.1, 0.15) is 0 Å². The van der Waals surface area contributed by atoms with Gasteiger partial charge in [0.2, 0.25) is 0 Å². The molecule has 1 aromatic carbocycles. The third kappa shape index (κ3) is 2.86. The zero-order valence-corrected chi connectivity index (χ0v) is 12.0. The van der Waals surface area contributed by atoms with Crippen LogP contribution >= 0.6 is 0 Å². The Hall–Kier alpha value is -1.02. The maximum atomic E-state index is 3.40. The van der Waals surface area contributed by atoms with Crippen LogP contribution in [0.3, 0.4) is 0 Å². The minimum Gasteiger partial charge on any atom is -0.374 e. The average molecular weight is 246 g/mol. The zero-order valence-electron chi connectivity index (χ0n) is 12.0. The van der Waals surface area contributed by atoms with E-state index in [2.05, 4.69) is 55.5 Å². The number of rotatable bonds is 5. The lowest BCUT2D eigenvalue weighted by molar-refractivity contribution is 0.295. The molecule has 0 aromatic heterocycles. The van der Waals surface area contributed by atoms with Gasteiger partial charge in [0.05, 0.1) is 0 Å². The van der Waals surface area contributed by atoms with Gasteiger partial charge in [-0.15, -0.1) is 0 Å². The van der Waals surface area contributed by atoms with Gasteiger partial charge in [-0.05, 0) is 38.4 Å². The smallest absolute Gasteiger partial charge is 0.0393 e. The first-order valence-electron chi connectivity index (χ1n) is 7.08. The summed E-state index contributed by atoms with van der Waals surface area (Å²) in [6.45, 7) is 4.51. The number of nitrogens with one attached hydrogen (secondary N) is 1. The van der Waals surface area contributed by atoms with Gasteiger partial charge in [-0.1, -0.05) is 31.0 Å². The highest BCUT2D eigenvalue weighted by atomic mass is 15.1. The molecule has 1 N–H and O–H groups in total. The van der Waals surface area contributed by atoms with Crippen molar-refractivity contribution in [3.63, 3.8) is 0 Å². The Labute approximate surface area is 111 Å². The lowest BCUT2D eigenvalue weighted by Gasteiger charge is -2.35. The Morgan fingerprint density at radius 2 is 1.89 bits per heavy atom. The van der Waals surface area contributed by atoms with Crippen LogP contribution in [0.15, 0.2) is 24.3 Å². The van der Waals surface area contributed by atoms with Crippen LogP contribution in [0.4, 0.5) is 5.69 Å². The van der Waals surface area contributed by atoms with Crippen molar-refractivity contribution in [2.75, 3.05) is 32.1 Å². The summed E-state index contributed by atoms with van der Waals surface area (Å²) in [5.74, 6) is 0. The van der Waals surface area contributed by atoms with E-state index in [4.69, 9.17) is 0 Å². The van der Waals surface area contributed by atoms with Gasteiger partial charge in [0.25, 0.3) is 0 Å². The average Bonchev–Trinajstić information content (AvgIpc) is 2.78. The lowest BCUT2D eigenvalue weighted by atomic mass is 9.85. The number of benzene rings is 1. The molecule has 0 bridgehead atoms. The molecule has 0 heterocycles. The molecule has 1 aliphatic carbocycles. The van der Waals surface area contributed by atoms with E-state index in [-0.39, 0.29) is 0 Å². The maximum absolute atomic E-state index is 3.40. The number of hydrogen-bond acceptors (Lipinski definition) is 2. The predicted octanol–water partition coefficient (Wildman–Crippen LogP) is 3.21. The van der Waals surface area contributed by atoms with Gasteiger partial charge in [-0.2, -0.15) is 0 Å². The van der Waals surface area contributed by atoms with Crippen LogP contribution in [-0.2, 0) is 0 Å². The van der Waals surface area contributed by atoms with E-state index in [0.29, 0.717) is 5.41 Å². The van der Waals surface area contributed by atoms with E-state index in [0.717, 1.165) is 6.54 Å². The fourth-order valence-electron chi connectivity index (χ4n) is 3.47. The molecule has 100 valence electrons.